The van der Waals surface area contributed by atoms with Crippen LogP contribution in [-0.2, 0) is 6.42 Å². The highest BCUT2D eigenvalue weighted by molar-refractivity contribution is 9.10. The standard InChI is InChI=1S/C15H24BrNO/c1-5-15(3,11-17-6-2)10-12-7-8-14(18-4)13(16)9-12/h7-9,17H,5-6,10-11H2,1-4H3. The van der Waals surface area contributed by atoms with Gasteiger partial charge in [0, 0.05) is 6.54 Å². The number of methoxy groups -OCH3 is 1. The quantitative estimate of drug-likeness (QED) is 0.820. The van der Waals surface area contributed by atoms with Crippen molar-refractivity contribution in [2.75, 3.05) is 20.2 Å². The Kier molecular flexibility index (Phi) is 6.16. The molecule has 18 heavy (non-hydrogen) atoms. The molecule has 0 fully saturated rings. The number of nitrogens with one attached hydrogen (secondary N) is 1. The first-order valence-electron chi connectivity index (χ1n) is 6.57. The van der Waals surface area contributed by atoms with Gasteiger partial charge in [-0.3, -0.25) is 0 Å². The molecule has 0 radical (unpaired) electrons. The summed E-state index contributed by atoms with van der Waals surface area (Å²) in [5.41, 5.74) is 1.66. The zero-order chi connectivity index (χ0) is 13.6. The van der Waals surface area contributed by atoms with Crippen molar-refractivity contribution in [1.82, 2.24) is 5.32 Å². The largest absolute Gasteiger partial charge is 0.496 e. The fourth-order valence-corrected chi connectivity index (χ4v) is 2.64. The molecule has 1 rings (SSSR count). The van der Waals surface area contributed by atoms with E-state index in [1.165, 1.54) is 12.0 Å². The van der Waals surface area contributed by atoms with Gasteiger partial charge in [0.1, 0.15) is 5.75 Å². The Morgan fingerprint density at radius 1 is 1.33 bits per heavy atom. The first-order chi connectivity index (χ1) is 8.54. The third-order valence-electron chi connectivity index (χ3n) is 3.50. The summed E-state index contributed by atoms with van der Waals surface area (Å²) in [4.78, 5) is 0. The highest BCUT2D eigenvalue weighted by Gasteiger charge is 2.22. The van der Waals surface area contributed by atoms with Crippen LogP contribution in [0.2, 0.25) is 0 Å². The molecule has 0 heterocycles. The van der Waals surface area contributed by atoms with E-state index in [0.29, 0.717) is 5.41 Å². The van der Waals surface area contributed by atoms with Crippen LogP contribution in [0.25, 0.3) is 0 Å². The molecule has 2 nitrogen and oxygen atoms in total. The Labute approximate surface area is 119 Å². The molecular formula is C15H24BrNO. The molecular weight excluding hydrogens is 290 g/mol. The summed E-state index contributed by atoms with van der Waals surface area (Å²) >= 11 is 3.55. The second-order valence-corrected chi connectivity index (χ2v) is 5.94. The van der Waals surface area contributed by atoms with Crippen molar-refractivity contribution < 1.29 is 4.74 Å². The lowest BCUT2D eigenvalue weighted by Crippen LogP contribution is -2.33. The van der Waals surface area contributed by atoms with E-state index in [1.807, 2.05) is 6.07 Å². The fourth-order valence-electron chi connectivity index (χ4n) is 2.05. The van der Waals surface area contributed by atoms with E-state index >= 15 is 0 Å². The molecule has 1 aromatic carbocycles. The van der Waals surface area contributed by atoms with Gasteiger partial charge in [0.15, 0.2) is 0 Å². The molecule has 0 aromatic heterocycles. The summed E-state index contributed by atoms with van der Waals surface area (Å²) in [5, 5.41) is 3.46. The topological polar surface area (TPSA) is 21.3 Å². The maximum absolute atomic E-state index is 5.26. The zero-order valence-electron chi connectivity index (χ0n) is 11.8. The van der Waals surface area contributed by atoms with Crippen molar-refractivity contribution in [2.45, 2.75) is 33.6 Å². The van der Waals surface area contributed by atoms with Crippen LogP contribution < -0.4 is 10.1 Å². The molecule has 0 amide bonds. The Bertz CT molecular complexity index is 381. The molecule has 0 spiro atoms. The molecule has 0 aliphatic heterocycles. The summed E-state index contributed by atoms with van der Waals surface area (Å²) in [6, 6.07) is 6.35. The van der Waals surface area contributed by atoms with E-state index in [1.54, 1.807) is 7.11 Å². The van der Waals surface area contributed by atoms with Gasteiger partial charge in [0.2, 0.25) is 0 Å². The predicted molar refractivity (Wildman–Crippen MR) is 81.3 cm³/mol. The minimum Gasteiger partial charge on any atom is -0.496 e. The van der Waals surface area contributed by atoms with Crippen LogP contribution in [0.3, 0.4) is 0 Å². The van der Waals surface area contributed by atoms with Crippen LogP contribution in [-0.4, -0.2) is 20.2 Å². The van der Waals surface area contributed by atoms with E-state index in [0.717, 1.165) is 29.7 Å². The van der Waals surface area contributed by atoms with Crippen molar-refractivity contribution in [2.24, 2.45) is 5.41 Å². The van der Waals surface area contributed by atoms with Gasteiger partial charge in [-0.15, -0.1) is 0 Å². The van der Waals surface area contributed by atoms with Crippen LogP contribution >= 0.6 is 15.9 Å². The van der Waals surface area contributed by atoms with Crippen LogP contribution in [0.15, 0.2) is 22.7 Å². The SMILES string of the molecule is CCNCC(C)(CC)Cc1ccc(OC)c(Br)c1. The summed E-state index contributed by atoms with van der Waals surface area (Å²) in [6.07, 6.45) is 2.25. The number of halogens is 1. The number of ether oxygens (including phenoxy) is 1. The molecule has 1 aromatic rings. The Balaban J connectivity index is 2.78. The second-order valence-electron chi connectivity index (χ2n) is 5.09. The van der Waals surface area contributed by atoms with Crippen LogP contribution in [0.4, 0.5) is 0 Å². The second kappa shape index (κ2) is 7.15. The van der Waals surface area contributed by atoms with E-state index < -0.39 is 0 Å². The maximum Gasteiger partial charge on any atom is 0.133 e. The molecule has 3 heteroatoms. The summed E-state index contributed by atoms with van der Waals surface area (Å²) in [6.45, 7) is 8.84. The van der Waals surface area contributed by atoms with Crippen molar-refractivity contribution in [1.29, 1.82) is 0 Å². The molecule has 0 aliphatic rings. The van der Waals surface area contributed by atoms with E-state index in [4.69, 9.17) is 4.74 Å². The monoisotopic (exact) mass is 313 g/mol. The predicted octanol–water partition coefficient (Wildman–Crippen LogP) is 4.03. The Morgan fingerprint density at radius 2 is 2.06 bits per heavy atom. The van der Waals surface area contributed by atoms with Gasteiger partial charge in [0.05, 0.1) is 11.6 Å². The lowest BCUT2D eigenvalue weighted by atomic mass is 9.81. The summed E-state index contributed by atoms with van der Waals surface area (Å²) in [7, 11) is 1.70. The van der Waals surface area contributed by atoms with Gasteiger partial charge >= 0.3 is 0 Å². The lowest BCUT2D eigenvalue weighted by Gasteiger charge is -2.29. The minimum absolute atomic E-state index is 0.310. The smallest absolute Gasteiger partial charge is 0.133 e. The highest BCUT2D eigenvalue weighted by Crippen LogP contribution is 2.30. The first-order valence-corrected chi connectivity index (χ1v) is 7.37. The fraction of sp³-hybridized carbons (Fsp3) is 0.600. The molecule has 102 valence electrons. The van der Waals surface area contributed by atoms with E-state index in [9.17, 15) is 0 Å². The molecule has 0 saturated heterocycles. The van der Waals surface area contributed by atoms with Crippen molar-refractivity contribution in [3.05, 3.63) is 28.2 Å². The molecule has 1 atom stereocenters. The average Bonchev–Trinajstić information content (AvgIpc) is 2.37. The lowest BCUT2D eigenvalue weighted by molar-refractivity contribution is 0.293. The Morgan fingerprint density at radius 3 is 2.56 bits per heavy atom. The Hall–Kier alpha value is -0.540. The molecule has 1 N–H and O–H groups in total. The molecule has 0 aliphatic carbocycles. The van der Waals surface area contributed by atoms with E-state index in [-0.39, 0.29) is 0 Å². The molecule has 1 unspecified atom stereocenters. The van der Waals surface area contributed by atoms with Crippen molar-refractivity contribution in [3.8, 4) is 5.75 Å². The third-order valence-corrected chi connectivity index (χ3v) is 4.12. The summed E-state index contributed by atoms with van der Waals surface area (Å²) < 4.78 is 6.29. The normalized spacial score (nSPS) is 14.3. The van der Waals surface area contributed by atoms with Crippen LogP contribution in [0, 0.1) is 5.41 Å². The van der Waals surface area contributed by atoms with Crippen molar-refractivity contribution >= 4 is 15.9 Å². The number of rotatable bonds is 7. The molecule has 0 bridgehead atoms. The first kappa shape index (κ1) is 15.5. The van der Waals surface area contributed by atoms with Gasteiger partial charge < -0.3 is 10.1 Å². The van der Waals surface area contributed by atoms with Gasteiger partial charge in [0.25, 0.3) is 0 Å². The third kappa shape index (κ3) is 4.29. The van der Waals surface area contributed by atoms with Gasteiger partial charge in [-0.1, -0.05) is 26.8 Å². The minimum atomic E-state index is 0.310. The van der Waals surface area contributed by atoms with Crippen molar-refractivity contribution in [3.63, 3.8) is 0 Å². The highest BCUT2D eigenvalue weighted by atomic mass is 79.9. The number of hydrogen-bond acceptors (Lipinski definition) is 2. The number of hydrogen-bond donors (Lipinski definition) is 1. The van der Waals surface area contributed by atoms with Gasteiger partial charge in [-0.05, 0) is 58.4 Å². The van der Waals surface area contributed by atoms with Crippen LogP contribution in [0.5, 0.6) is 5.75 Å². The van der Waals surface area contributed by atoms with Gasteiger partial charge in [-0.2, -0.15) is 0 Å². The van der Waals surface area contributed by atoms with Gasteiger partial charge in [-0.25, -0.2) is 0 Å². The zero-order valence-corrected chi connectivity index (χ0v) is 13.4. The average molecular weight is 314 g/mol. The maximum atomic E-state index is 5.26. The van der Waals surface area contributed by atoms with Crippen LogP contribution in [0.1, 0.15) is 32.8 Å². The molecule has 0 saturated carbocycles. The number of benzene rings is 1. The van der Waals surface area contributed by atoms with E-state index in [2.05, 4.69) is 54.2 Å². The summed E-state index contributed by atoms with van der Waals surface area (Å²) in [5.74, 6) is 0.892.